The van der Waals surface area contributed by atoms with Gasteiger partial charge in [0.05, 0.1) is 63.9 Å². The SMILES string of the molecule is [C-]#[N+]c1ccc(N(c2ccc(C#N)cc2)c2ccc3c(c2)c2cc(N(c4ccccc4)c4ccccc4)ccc2n3-c2ccc(-c3cc(-c4ccc(C#N)cc4)nc(-c4ccc(C#N)cc4)n3)cc2)cc1. The Morgan fingerprint density at radius 1 is 0.394 bits per heavy atom. The molecular formula is C62H37N9. The van der Waals surface area contributed by atoms with Crippen LogP contribution in [0.1, 0.15) is 16.7 Å². The van der Waals surface area contributed by atoms with Gasteiger partial charge in [0.25, 0.3) is 0 Å². The molecule has 0 atom stereocenters. The van der Waals surface area contributed by atoms with Crippen LogP contribution >= 0.6 is 0 Å². The van der Waals surface area contributed by atoms with Crippen molar-refractivity contribution in [3.63, 3.8) is 0 Å². The van der Waals surface area contributed by atoms with Crippen molar-refractivity contribution in [2.75, 3.05) is 9.80 Å². The highest BCUT2D eigenvalue weighted by atomic mass is 15.1. The molecule has 71 heavy (non-hydrogen) atoms. The molecule has 0 radical (unpaired) electrons. The quantitative estimate of drug-likeness (QED) is 0.126. The molecule has 0 saturated carbocycles. The van der Waals surface area contributed by atoms with Gasteiger partial charge in [0.1, 0.15) is 0 Å². The average Bonchev–Trinajstić information content (AvgIpc) is 3.77. The molecule has 0 spiro atoms. The summed E-state index contributed by atoms with van der Waals surface area (Å²) in [6, 6.07) is 80.5. The number of hydrogen-bond acceptors (Lipinski definition) is 7. The molecule has 9 nitrogen and oxygen atoms in total. The molecule has 0 aliphatic rings. The largest absolute Gasteiger partial charge is 0.311 e. The molecule has 0 aliphatic carbocycles. The molecule has 330 valence electrons. The molecule has 9 aromatic carbocycles. The van der Waals surface area contributed by atoms with Gasteiger partial charge in [-0.2, -0.15) is 15.8 Å². The topological polar surface area (TPSA) is 113 Å². The smallest absolute Gasteiger partial charge is 0.187 e. The third-order valence-corrected chi connectivity index (χ3v) is 12.5. The van der Waals surface area contributed by atoms with Crippen LogP contribution in [0.3, 0.4) is 0 Å². The highest BCUT2D eigenvalue weighted by Gasteiger charge is 2.21. The van der Waals surface area contributed by atoms with Crippen molar-refractivity contribution in [1.29, 1.82) is 15.8 Å². The Hall–Kier alpha value is -10.6. The van der Waals surface area contributed by atoms with Crippen LogP contribution in [-0.4, -0.2) is 14.5 Å². The molecule has 9 heteroatoms. The zero-order valence-electron chi connectivity index (χ0n) is 37.9. The minimum atomic E-state index is 0.516. The van der Waals surface area contributed by atoms with Crippen molar-refractivity contribution in [2.45, 2.75) is 0 Å². The number of nitriles is 3. The number of fused-ring (bicyclic) bond motifs is 3. The van der Waals surface area contributed by atoms with Crippen molar-refractivity contribution >= 4 is 61.6 Å². The summed E-state index contributed by atoms with van der Waals surface area (Å²) in [5.41, 5.74) is 14.8. The maximum atomic E-state index is 9.67. The second-order valence-electron chi connectivity index (χ2n) is 16.8. The van der Waals surface area contributed by atoms with Crippen LogP contribution in [0.4, 0.5) is 39.8 Å². The summed E-state index contributed by atoms with van der Waals surface area (Å²) in [4.78, 5) is 18.1. The normalized spacial score (nSPS) is 10.8. The molecule has 0 amide bonds. The molecule has 0 aliphatic heterocycles. The third-order valence-electron chi connectivity index (χ3n) is 12.5. The molecule has 11 aromatic rings. The second-order valence-corrected chi connectivity index (χ2v) is 16.8. The van der Waals surface area contributed by atoms with Crippen molar-refractivity contribution < 1.29 is 0 Å². The first-order valence-electron chi connectivity index (χ1n) is 22.8. The third kappa shape index (κ3) is 8.32. The molecule has 11 rings (SSSR count). The van der Waals surface area contributed by atoms with E-state index in [1.54, 1.807) is 24.3 Å². The Kier molecular flexibility index (Phi) is 11.3. The number of para-hydroxylation sites is 2. The summed E-state index contributed by atoms with van der Waals surface area (Å²) >= 11 is 0. The van der Waals surface area contributed by atoms with Crippen LogP contribution in [-0.2, 0) is 0 Å². The summed E-state index contributed by atoms with van der Waals surface area (Å²) in [5.74, 6) is 0.516. The van der Waals surface area contributed by atoms with Gasteiger partial charge in [-0.15, -0.1) is 0 Å². The van der Waals surface area contributed by atoms with Gasteiger partial charge >= 0.3 is 0 Å². The van der Waals surface area contributed by atoms with Gasteiger partial charge < -0.3 is 14.4 Å². The minimum absolute atomic E-state index is 0.516. The number of nitrogens with zero attached hydrogens (tertiary/aromatic N) is 9. The molecule has 0 fully saturated rings. The molecule has 2 heterocycles. The molecule has 0 bridgehead atoms. The molecular weight excluding hydrogens is 871 g/mol. The van der Waals surface area contributed by atoms with E-state index in [1.807, 2.05) is 91.0 Å². The van der Waals surface area contributed by atoms with Gasteiger partial charge in [-0.1, -0.05) is 72.8 Å². The summed E-state index contributed by atoms with van der Waals surface area (Å²) in [6.07, 6.45) is 0. The molecule has 2 aromatic heterocycles. The standard InChI is InChI=1S/C62H37N9/c1-66-48-24-30-52(31-25-48)70(51-26-16-44(41-65)17-27-51)55-33-35-61-57(37-55)56-36-54(69(49-8-4-2-5-9-49)50-10-6-3-7-11-50)32-34-60(56)71(61)53-28-22-46(23-29-53)59-38-58(45-18-12-42(39-63)13-19-45)67-62(68-59)47-20-14-43(40-64)15-21-47/h2-38H. The Morgan fingerprint density at radius 3 is 1.21 bits per heavy atom. The first-order valence-corrected chi connectivity index (χ1v) is 22.8. The first-order chi connectivity index (χ1) is 35.0. The highest BCUT2D eigenvalue weighted by Crippen LogP contribution is 2.43. The van der Waals surface area contributed by atoms with E-state index < -0.39 is 0 Å². The van der Waals surface area contributed by atoms with Crippen LogP contribution in [0, 0.1) is 40.6 Å². The second kappa shape index (κ2) is 18.6. The van der Waals surface area contributed by atoms with Gasteiger partial charge in [0.15, 0.2) is 11.5 Å². The summed E-state index contributed by atoms with van der Waals surface area (Å²) in [6.45, 7) is 7.61. The van der Waals surface area contributed by atoms with Gasteiger partial charge in [-0.3, -0.25) is 0 Å². The summed E-state index contributed by atoms with van der Waals surface area (Å²) in [7, 11) is 0. The Balaban J connectivity index is 1.08. The van der Waals surface area contributed by atoms with Gasteiger partial charge in [0.2, 0.25) is 0 Å². The fourth-order valence-electron chi connectivity index (χ4n) is 9.03. The lowest BCUT2D eigenvalue weighted by Crippen LogP contribution is -2.10. The van der Waals surface area contributed by atoms with Gasteiger partial charge in [-0.05, 0) is 152 Å². The van der Waals surface area contributed by atoms with Crippen LogP contribution in [0.15, 0.2) is 224 Å². The van der Waals surface area contributed by atoms with Gasteiger partial charge in [0, 0.05) is 67.3 Å². The van der Waals surface area contributed by atoms with Crippen LogP contribution < -0.4 is 9.80 Å². The lowest BCUT2D eigenvalue weighted by Gasteiger charge is -2.26. The van der Waals surface area contributed by atoms with Crippen molar-refractivity contribution in [3.05, 3.63) is 253 Å². The van der Waals surface area contributed by atoms with Crippen molar-refractivity contribution in [1.82, 2.24) is 14.5 Å². The zero-order valence-corrected chi connectivity index (χ0v) is 37.9. The predicted octanol–water partition coefficient (Wildman–Crippen LogP) is 15.7. The lowest BCUT2D eigenvalue weighted by molar-refractivity contribution is 1.17. The maximum absolute atomic E-state index is 9.67. The number of aromatic nitrogens is 3. The van der Waals surface area contributed by atoms with Crippen LogP contribution in [0.5, 0.6) is 0 Å². The zero-order chi connectivity index (χ0) is 48.3. The minimum Gasteiger partial charge on any atom is -0.311 e. The van der Waals surface area contributed by atoms with E-state index in [2.05, 4.69) is 147 Å². The fourth-order valence-corrected chi connectivity index (χ4v) is 9.03. The lowest BCUT2D eigenvalue weighted by atomic mass is 10.0. The predicted molar refractivity (Wildman–Crippen MR) is 282 cm³/mol. The number of rotatable bonds is 10. The van der Waals surface area contributed by atoms with E-state index in [0.717, 1.165) is 84.0 Å². The number of hydrogen-bond donors (Lipinski definition) is 0. The van der Waals surface area contributed by atoms with Crippen molar-refractivity contribution in [2.24, 2.45) is 0 Å². The van der Waals surface area contributed by atoms with E-state index in [-0.39, 0.29) is 0 Å². The Bertz CT molecular complexity index is 3760. The van der Waals surface area contributed by atoms with Crippen molar-refractivity contribution in [3.8, 4) is 57.8 Å². The van der Waals surface area contributed by atoms with E-state index in [9.17, 15) is 15.8 Å². The average molecular weight is 908 g/mol. The van der Waals surface area contributed by atoms with Crippen LogP contribution in [0.25, 0.3) is 66.2 Å². The fraction of sp³-hybridized carbons (Fsp3) is 0. The monoisotopic (exact) mass is 907 g/mol. The maximum Gasteiger partial charge on any atom is 0.187 e. The van der Waals surface area contributed by atoms with E-state index in [4.69, 9.17) is 16.5 Å². The van der Waals surface area contributed by atoms with E-state index in [1.165, 1.54) is 0 Å². The number of benzene rings is 9. The van der Waals surface area contributed by atoms with E-state index >= 15 is 0 Å². The molecule has 0 unspecified atom stereocenters. The highest BCUT2D eigenvalue weighted by molar-refractivity contribution is 6.12. The molecule has 0 N–H and O–H groups in total. The summed E-state index contributed by atoms with van der Waals surface area (Å²) in [5, 5.41) is 30.7. The van der Waals surface area contributed by atoms with E-state index in [0.29, 0.717) is 33.9 Å². The number of anilines is 6. The van der Waals surface area contributed by atoms with Crippen LogP contribution in [0.2, 0.25) is 0 Å². The molecule has 0 saturated heterocycles. The Morgan fingerprint density at radius 2 is 0.775 bits per heavy atom. The summed E-state index contributed by atoms with van der Waals surface area (Å²) < 4.78 is 2.29. The van der Waals surface area contributed by atoms with Gasteiger partial charge in [-0.25, -0.2) is 14.8 Å². The Labute approximate surface area is 410 Å². The first kappa shape index (κ1) is 43.0.